The first kappa shape index (κ1) is 24.9. The minimum absolute atomic E-state index is 0.160. The quantitative estimate of drug-likeness (QED) is 0.217. The summed E-state index contributed by atoms with van der Waals surface area (Å²) in [6, 6.07) is 17.5. The van der Waals surface area contributed by atoms with Crippen molar-refractivity contribution in [2.75, 3.05) is 4.90 Å². The maximum Gasteiger partial charge on any atom is 0.335 e. The van der Waals surface area contributed by atoms with E-state index in [4.69, 9.17) is 9.84 Å². The number of nitrogens with zero attached hydrogens (tertiary/aromatic N) is 1. The van der Waals surface area contributed by atoms with Crippen LogP contribution < -0.4 is 15.0 Å². The first-order valence-corrected chi connectivity index (χ1v) is 12.3. The second kappa shape index (κ2) is 10.6. The number of imide groups is 2. The van der Waals surface area contributed by atoms with Crippen LogP contribution in [0.3, 0.4) is 0 Å². The Bertz CT molecular complexity index is 1350. The SMILES string of the molecule is O=C1NC(=O)N(c2ccccc2)C(=O)/C1=C/c1cc(I)c(OCc2ccc(C(=O)O)cc2)c(I)c1. The van der Waals surface area contributed by atoms with E-state index in [0.29, 0.717) is 17.0 Å². The van der Waals surface area contributed by atoms with Crippen LogP contribution in [0.2, 0.25) is 0 Å². The zero-order valence-electron chi connectivity index (χ0n) is 17.8. The monoisotopic (exact) mass is 694 g/mol. The molecule has 0 aliphatic carbocycles. The maximum absolute atomic E-state index is 13.0. The molecule has 1 saturated heterocycles. The minimum atomic E-state index is -0.993. The Morgan fingerprint density at radius 1 is 0.971 bits per heavy atom. The van der Waals surface area contributed by atoms with Crippen molar-refractivity contribution in [1.29, 1.82) is 0 Å². The van der Waals surface area contributed by atoms with Crippen LogP contribution in [-0.2, 0) is 16.2 Å². The van der Waals surface area contributed by atoms with Gasteiger partial charge in [-0.1, -0.05) is 30.3 Å². The highest BCUT2D eigenvalue weighted by Crippen LogP contribution is 2.31. The van der Waals surface area contributed by atoms with E-state index in [-0.39, 0.29) is 17.7 Å². The average molecular weight is 694 g/mol. The van der Waals surface area contributed by atoms with Crippen LogP contribution in [0.4, 0.5) is 10.5 Å². The highest BCUT2D eigenvalue weighted by Gasteiger charge is 2.36. The van der Waals surface area contributed by atoms with Crippen molar-refractivity contribution in [2.45, 2.75) is 6.61 Å². The summed E-state index contributed by atoms with van der Waals surface area (Å²) in [5, 5.41) is 11.2. The molecule has 0 radical (unpaired) electrons. The van der Waals surface area contributed by atoms with Gasteiger partial charge in [-0.3, -0.25) is 14.9 Å². The average Bonchev–Trinajstić information content (AvgIpc) is 2.82. The molecule has 1 aliphatic heterocycles. The van der Waals surface area contributed by atoms with Gasteiger partial charge in [-0.05, 0) is 98.8 Å². The number of ether oxygens (including phenoxy) is 1. The van der Waals surface area contributed by atoms with E-state index in [2.05, 4.69) is 50.5 Å². The zero-order valence-corrected chi connectivity index (χ0v) is 22.1. The number of rotatable bonds is 6. The summed E-state index contributed by atoms with van der Waals surface area (Å²) in [5.41, 5.74) is 1.80. The van der Waals surface area contributed by atoms with E-state index >= 15 is 0 Å². The highest BCUT2D eigenvalue weighted by atomic mass is 127. The summed E-state index contributed by atoms with van der Waals surface area (Å²) in [7, 11) is 0. The molecule has 4 amide bonds. The normalized spacial score (nSPS) is 14.7. The molecule has 3 aromatic carbocycles. The largest absolute Gasteiger partial charge is 0.487 e. The molecular formula is C25H16I2N2O6. The number of benzene rings is 3. The fourth-order valence-corrected chi connectivity index (χ4v) is 5.46. The van der Waals surface area contributed by atoms with Crippen LogP contribution in [0, 0.1) is 7.14 Å². The van der Waals surface area contributed by atoms with Gasteiger partial charge in [0.05, 0.1) is 18.4 Å². The van der Waals surface area contributed by atoms with Gasteiger partial charge in [0, 0.05) is 0 Å². The number of hydrogen-bond acceptors (Lipinski definition) is 5. The van der Waals surface area contributed by atoms with Crippen molar-refractivity contribution in [3.8, 4) is 5.75 Å². The topological polar surface area (TPSA) is 113 Å². The number of carboxylic acids is 1. The summed E-state index contributed by atoms with van der Waals surface area (Å²) < 4.78 is 7.45. The molecule has 0 bridgehead atoms. The lowest BCUT2D eigenvalue weighted by molar-refractivity contribution is -0.122. The number of barbiturate groups is 1. The Balaban J connectivity index is 1.56. The van der Waals surface area contributed by atoms with Crippen molar-refractivity contribution in [1.82, 2.24) is 5.32 Å². The van der Waals surface area contributed by atoms with Gasteiger partial charge < -0.3 is 9.84 Å². The van der Waals surface area contributed by atoms with Gasteiger partial charge in [0.25, 0.3) is 11.8 Å². The van der Waals surface area contributed by atoms with Gasteiger partial charge in [0.15, 0.2) is 0 Å². The summed E-state index contributed by atoms with van der Waals surface area (Å²) in [4.78, 5) is 49.7. The number of para-hydroxylation sites is 1. The summed E-state index contributed by atoms with van der Waals surface area (Å²) in [6.07, 6.45) is 1.44. The number of carboxylic acid groups (broad SMARTS) is 1. The first-order valence-electron chi connectivity index (χ1n) is 10.1. The van der Waals surface area contributed by atoms with Crippen LogP contribution >= 0.6 is 45.2 Å². The van der Waals surface area contributed by atoms with Gasteiger partial charge >= 0.3 is 12.0 Å². The molecule has 0 saturated carbocycles. The van der Waals surface area contributed by atoms with Gasteiger partial charge in [-0.2, -0.15) is 0 Å². The molecule has 35 heavy (non-hydrogen) atoms. The Morgan fingerprint density at radius 2 is 1.60 bits per heavy atom. The van der Waals surface area contributed by atoms with E-state index < -0.39 is 23.8 Å². The molecule has 3 aromatic rings. The van der Waals surface area contributed by atoms with Crippen LogP contribution in [0.1, 0.15) is 21.5 Å². The number of halogens is 2. The standard InChI is InChI=1S/C25H16I2N2O6/c26-19-11-15(12-20(27)21(19)35-13-14-6-8-16(9-7-14)24(32)33)10-18-22(30)28-25(34)29(23(18)31)17-4-2-1-3-5-17/h1-12H,13H2,(H,32,33)(H,28,30,34)/b18-10+. The zero-order chi connectivity index (χ0) is 25.1. The van der Waals surface area contributed by atoms with Crippen LogP contribution in [0.15, 0.2) is 72.3 Å². The van der Waals surface area contributed by atoms with Gasteiger partial charge in [-0.25, -0.2) is 14.5 Å². The Labute approximate surface area is 227 Å². The third-order valence-corrected chi connectivity index (χ3v) is 6.63. The number of carbonyl (C=O) groups is 4. The smallest absolute Gasteiger partial charge is 0.335 e. The van der Waals surface area contributed by atoms with Crippen molar-refractivity contribution in [3.63, 3.8) is 0 Å². The Kier molecular flexibility index (Phi) is 7.50. The Morgan fingerprint density at radius 3 is 2.20 bits per heavy atom. The number of amides is 4. The molecule has 1 fully saturated rings. The third kappa shape index (κ3) is 5.53. The molecule has 1 heterocycles. The molecule has 1 aliphatic rings. The molecular weight excluding hydrogens is 678 g/mol. The second-order valence-corrected chi connectivity index (χ2v) is 9.72. The van der Waals surface area contributed by atoms with Crippen LogP contribution in [0.5, 0.6) is 5.75 Å². The van der Waals surface area contributed by atoms with Crippen molar-refractivity contribution < 1.29 is 29.0 Å². The predicted molar refractivity (Wildman–Crippen MR) is 145 cm³/mol. The number of anilines is 1. The van der Waals surface area contributed by atoms with Gasteiger partial charge in [0.2, 0.25) is 0 Å². The molecule has 2 N–H and O–H groups in total. The van der Waals surface area contributed by atoms with Crippen molar-refractivity contribution >= 4 is 80.8 Å². The van der Waals surface area contributed by atoms with E-state index in [1.807, 2.05) is 0 Å². The third-order valence-electron chi connectivity index (χ3n) is 5.03. The molecule has 176 valence electrons. The molecule has 0 aromatic heterocycles. The molecule has 0 spiro atoms. The molecule has 0 atom stereocenters. The van der Waals surface area contributed by atoms with E-state index in [9.17, 15) is 19.2 Å². The lowest BCUT2D eigenvalue weighted by Gasteiger charge is -2.26. The predicted octanol–water partition coefficient (Wildman–Crippen LogP) is 4.84. The minimum Gasteiger partial charge on any atom is -0.487 e. The molecule has 8 nitrogen and oxygen atoms in total. The van der Waals surface area contributed by atoms with E-state index in [1.54, 1.807) is 54.6 Å². The molecule has 4 rings (SSSR count). The number of carbonyl (C=O) groups excluding carboxylic acids is 3. The maximum atomic E-state index is 13.0. The number of urea groups is 1. The first-order chi connectivity index (χ1) is 16.7. The number of aromatic carboxylic acids is 1. The lowest BCUT2D eigenvalue weighted by atomic mass is 10.1. The fraction of sp³-hybridized carbons (Fsp3) is 0.0400. The lowest BCUT2D eigenvalue weighted by Crippen LogP contribution is -2.54. The number of hydrogen-bond donors (Lipinski definition) is 2. The number of nitrogens with one attached hydrogen (secondary N) is 1. The fourth-order valence-electron chi connectivity index (χ4n) is 3.34. The summed E-state index contributed by atoms with van der Waals surface area (Å²) in [6.45, 7) is 0.237. The van der Waals surface area contributed by atoms with Crippen molar-refractivity contribution in [3.05, 3.63) is 96.1 Å². The molecule has 0 unspecified atom stereocenters. The van der Waals surface area contributed by atoms with Crippen molar-refractivity contribution in [2.24, 2.45) is 0 Å². The highest BCUT2D eigenvalue weighted by molar-refractivity contribution is 14.1. The summed E-state index contributed by atoms with van der Waals surface area (Å²) >= 11 is 4.21. The van der Waals surface area contributed by atoms with Crippen LogP contribution in [0.25, 0.3) is 6.08 Å². The van der Waals surface area contributed by atoms with Gasteiger partial charge in [0.1, 0.15) is 17.9 Å². The Hall–Kier alpha value is -3.26. The second-order valence-electron chi connectivity index (χ2n) is 7.40. The van der Waals surface area contributed by atoms with E-state index in [0.717, 1.165) is 17.6 Å². The summed E-state index contributed by atoms with van der Waals surface area (Å²) in [5.74, 6) is -1.84. The van der Waals surface area contributed by atoms with Crippen LogP contribution in [-0.4, -0.2) is 28.9 Å². The molecule has 10 heteroatoms. The van der Waals surface area contributed by atoms with Gasteiger partial charge in [-0.15, -0.1) is 0 Å². The van der Waals surface area contributed by atoms with E-state index in [1.165, 1.54) is 18.2 Å².